The van der Waals surface area contributed by atoms with Crippen LogP contribution in [0.25, 0.3) is 0 Å². The second kappa shape index (κ2) is 3.04. The molecule has 65 valence electrons. The van der Waals surface area contributed by atoms with Gasteiger partial charge in [0.05, 0.1) is 6.10 Å². The van der Waals surface area contributed by atoms with Gasteiger partial charge in [-0.25, -0.2) is 0 Å². The second-order valence-electron chi connectivity index (χ2n) is 2.54. The van der Waals surface area contributed by atoms with Crippen LogP contribution in [-0.4, -0.2) is 51.1 Å². The van der Waals surface area contributed by atoms with Crippen molar-refractivity contribution in [2.24, 2.45) is 0 Å². The zero-order valence-corrected chi connectivity index (χ0v) is 5.79. The lowest BCUT2D eigenvalue weighted by molar-refractivity contribution is -0.271. The standard InChI is InChI=1S/C6H11O5/c1-2-3(7)4(8)5(9)6(10)11-2/h2-10H,1H2. The lowest BCUT2D eigenvalue weighted by Crippen LogP contribution is -2.56. The Bertz CT molecular complexity index is 125. The Morgan fingerprint density at radius 3 is 2.00 bits per heavy atom. The molecule has 5 unspecified atom stereocenters. The van der Waals surface area contributed by atoms with E-state index in [-0.39, 0.29) is 0 Å². The zero-order valence-electron chi connectivity index (χ0n) is 5.79. The number of hydrogen-bond acceptors (Lipinski definition) is 5. The second-order valence-corrected chi connectivity index (χ2v) is 2.54. The quantitative estimate of drug-likeness (QED) is 0.320. The zero-order chi connectivity index (χ0) is 8.59. The predicted octanol–water partition coefficient (Wildman–Crippen LogP) is -2.38. The average molecular weight is 163 g/mol. The minimum absolute atomic E-state index is 0.914. The van der Waals surface area contributed by atoms with Crippen LogP contribution in [0.1, 0.15) is 0 Å². The minimum atomic E-state index is -1.48. The van der Waals surface area contributed by atoms with Crippen molar-refractivity contribution in [3.8, 4) is 0 Å². The smallest absolute Gasteiger partial charge is 0.183 e. The first-order valence-electron chi connectivity index (χ1n) is 3.25. The van der Waals surface area contributed by atoms with E-state index in [2.05, 4.69) is 11.7 Å². The van der Waals surface area contributed by atoms with Crippen molar-refractivity contribution in [1.29, 1.82) is 0 Å². The largest absolute Gasteiger partial charge is 0.388 e. The third-order valence-electron chi connectivity index (χ3n) is 1.69. The van der Waals surface area contributed by atoms with Gasteiger partial charge in [-0.15, -0.1) is 0 Å². The summed E-state index contributed by atoms with van der Waals surface area (Å²) in [5, 5.41) is 35.8. The maximum absolute atomic E-state index is 9.03. The molecule has 1 fully saturated rings. The topological polar surface area (TPSA) is 90.2 Å². The fraction of sp³-hybridized carbons (Fsp3) is 0.833. The molecule has 1 heterocycles. The van der Waals surface area contributed by atoms with Gasteiger partial charge < -0.3 is 25.2 Å². The molecule has 0 aromatic rings. The average Bonchev–Trinajstić information content (AvgIpc) is 1.97. The van der Waals surface area contributed by atoms with Crippen molar-refractivity contribution in [3.63, 3.8) is 0 Å². The van der Waals surface area contributed by atoms with Crippen molar-refractivity contribution in [1.82, 2.24) is 0 Å². The van der Waals surface area contributed by atoms with E-state index in [0.717, 1.165) is 0 Å². The lowest BCUT2D eigenvalue weighted by Gasteiger charge is -2.36. The van der Waals surface area contributed by atoms with Crippen LogP contribution in [0.3, 0.4) is 0 Å². The van der Waals surface area contributed by atoms with Crippen LogP contribution in [0.15, 0.2) is 0 Å². The fourth-order valence-electron chi connectivity index (χ4n) is 0.931. The molecule has 0 amide bonds. The van der Waals surface area contributed by atoms with E-state index in [1.165, 1.54) is 0 Å². The summed E-state index contributed by atoms with van der Waals surface area (Å²) in [5.74, 6) is 0. The van der Waals surface area contributed by atoms with Crippen LogP contribution in [0.2, 0.25) is 0 Å². The van der Waals surface area contributed by atoms with Gasteiger partial charge in [-0.3, -0.25) is 0 Å². The summed E-state index contributed by atoms with van der Waals surface area (Å²) >= 11 is 0. The van der Waals surface area contributed by atoms with E-state index in [4.69, 9.17) is 20.4 Å². The van der Waals surface area contributed by atoms with Gasteiger partial charge in [-0.1, -0.05) is 0 Å². The van der Waals surface area contributed by atoms with Crippen molar-refractivity contribution >= 4 is 0 Å². The molecule has 1 aliphatic heterocycles. The Balaban J connectivity index is 2.63. The van der Waals surface area contributed by atoms with Crippen molar-refractivity contribution in [2.45, 2.75) is 30.7 Å². The van der Waals surface area contributed by atoms with E-state index in [0.29, 0.717) is 0 Å². The van der Waals surface area contributed by atoms with Gasteiger partial charge in [-0.2, -0.15) is 0 Å². The van der Waals surface area contributed by atoms with Gasteiger partial charge in [0.1, 0.15) is 18.3 Å². The van der Waals surface area contributed by atoms with Crippen LogP contribution < -0.4 is 0 Å². The highest BCUT2D eigenvalue weighted by atomic mass is 16.6. The van der Waals surface area contributed by atoms with Gasteiger partial charge in [0.15, 0.2) is 6.29 Å². The normalized spacial score (nSPS) is 52.6. The number of aliphatic hydroxyl groups excluding tert-OH is 4. The highest BCUT2D eigenvalue weighted by molar-refractivity contribution is 4.89. The van der Waals surface area contributed by atoms with Crippen molar-refractivity contribution < 1.29 is 25.2 Å². The summed E-state index contributed by atoms with van der Waals surface area (Å²) in [6, 6.07) is 0. The number of ether oxygens (including phenoxy) is 1. The maximum atomic E-state index is 9.03. The highest BCUT2D eigenvalue weighted by Crippen LogP contribution is 2.18. The van der Waals surface area contributed by atoms with E-state index < -0.39 is 30.7 Å². The lowest BCUT2D eigenvalue weighted by atomic mass is 10.0. The molecule has 5 nitrogen and oxygen atoms in total. The monoisotopic (exact) mass is 163 g/mol. The third kappa shape index (κ3) is 1.52. The van der Waals surface area contributed by atoms with Crippen molar-refractivity contribution in [2.75, 3.05) is 0 Å². The molecule has 5 heteroatoms. The van der Waals surface area contributed by atoms with Gasteiger partial charge in [-0.05, 0) is 6.92 Å². The molecule has 1 saturated heterocycles. The van der Waals surface area contributed by atoms with Crippen LogP contribution in [0.4, 0.5) is 0 Å². The Hall–Kier alpha value is -0.200. The Labute approximate surface area is 63.8 Å². The molecule has 0 aromatic carbocycles. The van der Waals surface area contributed by atoms with Gasteiger partial charge >= 0.3 is 0 Å². The summed E-state index contributed by atoms with van der Waals surface area (Å²) in [7, 11) is 0. The first kappa shape index (κ1) is 8.89. The van der Waals surface area contributed by atoms with Gasteiger partial charge in [0.2, 0.25) is 0 Å². The molecule has 0 aliphatic carbocycles. The van der Waals surface area contributed by atoms with E-state index >= 15 is 0 Å². The maximum Gasteiger partial charge on any atom is 0.183 e. The Morgan fingerprint density at radius 2 is 1.45 bits per heavy atom. The summed E-state index contributed by atoms with van der Waals surface area (Å²) in [5.41, 5.74) is 0. The summed E-state index contributed by atoms with van der Waals surface area (Å²) < 4.78 is 4.57. The molecule has 11 heavy (non-hydrogen) atoms. The van der Waals surface area contributed by atoms with E-state index in [1.807, 2.05) is 0 Å². The molecule has 5 atom stereocenters. The number of rotatable bonds is 0. The van der Waals surface area contributed by atoms with E-state index in [1.54, 1.807) is 0 Å². The molecular formula is C6H11O5. The summed E-state index contributed by atoms with van der Waals surface area (Å²) in [4.78, 5) is 0. The number of aliphatic hydroxyl groups is 4. The van der Waals surface area contributed by atoms with Gasteiger partial charge in [0, 0.05) is 0 Å². The molecule has 0 saturated carbocycles. The molecule has 1 rings (SSSR count). The number of hydrogen-bond donors (Lipinski definition) is 4. The first-order chi connectivity index (χ1) is 5.04. The Morgan fingerprint density at radius 1 is 0.909 bits per heavy atom. The first-order valence-corrected chi connectivity index (χ1v) is 3.25. The molecular weight excluding hydrogens is 152 g/mol. The van der Waals surface area contributed by atoms with E-state index in [9.17, 15) is 0 Å². The SMILES string of the molecule is [CH2]C1OC(O)C(O)C(O)C1O. The predicted molar refractivity (Wildman–Crippen MR) is 34.3 cm³/mol. The highest BCUT2D eigenvalue weighted by Gasteiger charge is 2.40. The van der Waals surface area contributed by atoms with Crippen LogP contribution >= 0.6 is 0 Å². The minimum Gasteiger partial charge on any atom is -0.388 e. The molecule has 1 radical (unpaired) electrons. The summed E-state index contributed by atoms with van der Waals surface area (Å²) in [6.45, 7) is 3.31. The molecule has 0 spiro atoms. The van der Waals surface area contributed by atoms with Crippen LogP contribution in [0, 0.1) is 6.92 Å². The van der Waals surface area contributed by atoms with Gasteiger partial charge in [0.25, 0.3) is 0 Å². The molecule has 1 aliphatic rings. The fourth-order valence-corrected chi connectivity index (χ4v) is 0.931. The Kier molecular flexibility index (Phi) is 2.46. The van der Waals surface area contributed by atoms with Crippen LogP contribution in [0.5, 0.6) is 0 Å². The molecule has 4 N–H and O–H groups in total. The molecule has 0 aromatic heterocycles. The van der Waals surface area contributed by atoms with Crippen molar-refractivity contribution in [3.05, 3.63) is 6.92 Å². The van der Waals surface area contributed by atoms with Crippen LogP contribution in [-0.2, 0) is 4.74 Å². The molecule has 0 bridgehead atoms. The third-order valence-corrected chi connectivity index (χ3v) is 1.69. The summed E-state index contributed by atoms with van der Waals surface area (Å²) in [6.07, 6.45) is -6.52.